The summed E-state index contributed by atoms with van der Waals surface area (Å²) in [5.74, 6) is -0.463. The molecule has 0 bridgehead atoms. The highest BCUT2D eigenvalue weighted by atomic mass is 32.1. The first kappa shape index (κ1) is 12.0. The predicted octanol–water partition coefficient (Wildman–Crippen LogP) is 2.06. The summed E-state index contributed by atoms with van der Waals surface area (Å²) in [6.07, 6.45) is 4.42. The highest BCUT2D eigenvalue weighted by Crippen LogP contribution is 2.20. The lowest BCUT2D eigenvalue weighted by atomic mass is 10.3. The molecule has 1 fully saturated rings. The zero-order valence-corrected chi connectivity index (χ0v) is 10.4. The van der Waals surface area contributed by atoms with Crippen molar-refractivity contribution in [1.82, 2.24) is 9.59 Å². The van der Waals surface area contributed by atoms with Crippen LogP contribution in [0.4, 0.5) is 5.00 Å². The van der Waals surface area contributed by atoms with E-state index in [9.17, 15) is 4.79 Å². The van der Waals surface area contributed by atoms with Gasteiger partial charge in [0.2, 0.25) is 5.69 Å². The molecule has 0 saturated heterocycles. The average molecular weight is 254 g/mol. The third kappa shape index (κ3) is 3.00. The Kier molecular flexibility index (Phi) is 4.03. The minimum Gasteiger partial charge on any atom is -0.461 e. The Morgan fingerprint density at radius 2 is 2.29 bits per heavy atom. The molecule has 0 spiro atoms. The number of hydrogen-bond donors (Lipinski definition) is 1. The highest BCUT2D eigenvalue weighted by molar-refractivity contribution is 7.10. The number of aromatic nitrogens is 2. The molecule has 1 saturated carbocycles. The van der Waals surface area contributed by atoms with Gasteiger partial charge < -0.3 is 4.74 Å². The third-order valence-electron chi connectivity index (χ3n) is 2.45. The van der Waals surface area contributed by atoms with Crippen molar-refractivity contribution in [1.29, 1.82) is 0 Å². The lowest BCUT2D eigenvalue weighted by Crippen LogP contribution is -2.08. The van der Waals surface area contributed by atoms with Gasteiger partial charge in [0.15, 0.2) is 5.00 Å². The largest absolute Gasteiger partial charge is 0.461 e. The summed E-state index contributed by atoms with van der Waals surface area (Å²) in [5.41, 5.74) is 4.20. The number of nitrogens with zero attached hydrogens (tertiary/aromatic N) is 3. The van der Waals surface area contributed by atoms with E-state index in [1.54, 1.807) is 6.92 Å². The molecule has 92 valence electrons. The molecule has 6 nitrogen and oxygen atoms in total. The van der Waals surface area contributed by atoms with Crippen LogP contribution in [0, 0.1) is 0 Å². The van der Waals surface area contributed by atoms with Crippen LogP contribution in [0.15, 0.2) is 5.10 Å². The second-order valence-electron chi connectivity index (χ2n) is 3.67. The average Bonchev–Trinajstić information content (AvgIpc) is 2.98. The number of carbonyl (C=O) groups excluding carboxylic acids is 1. The van der Waals surface area contributed by atoms with Crippen molar-refractivity contribution in [3.05, 3.63) is 5.69 Å². The molecule has 0 unspecified atom stereocenters. The summed E-state index contributed by atoms with van der Waals surface area (Å²) in [7, 11) is 0. The summed E-state index contributed by atoms with van der Waals surface area (Å²) in [5, 5.41) is 8.54. The Labute approximate surface area is 103 Å². The number of hydrogen-bond acceptors (Lipinski definition) is 7. The number of esters is 1. The molecule has 1 aromatic rings. The predicted molar refractivity (Wildman–Crippen MR) is 65.4 cm³/mol. The Morgan fingerprint density at radius 3 is 3.00 bits per heavy atom. The van der Waals surface area contributed by atoms with Gasteiger partial charge in [-0.05, 0) is 32.6 Å². The molecule has 0 aliphatic heterocycles. The van der Waals surface area contributed by atoms with E-state index in [4.69, 9.17) is 4.74 Å². The van der Waals surface area contributed by atoms with Crippen LogP contribution < -0.4 is 5.43 Å². The standard InChI is InChI=1S/C10H14N4O2S/c1-2-16-10(15)8-9(17-14-12-8)13-11-7-5-3-4-6-7/h13H,2-6H2,1H3. The van der Waals surface area contributed by atoms with Gasteiger partial charge in [0.1, 0.15) is 0 Å². The van der Waals surface area contributed by atoms with E-state index in [2.05, 4.69) is 20.1 Å². The van der Waals surface area contributed by atoms with E-state index in [-0.39, 0.29) is 5.69 Å². The molecular formula is C10H14N4O2S. The summed E-state index contributed by atoms with van der Waals surface area (Å²) in [4.78, 5) is 11.5. The van der Waals surface area contributed by atoms with E-state index in [0.29, 0.717) is 11.6 Å². The Morgan fingerprint density at radius 1 is 1.53 bits per heavy atom. The normalized spacial score (nSPS) is 14.8. The second-order valence-corrected chi connectivity index (χ2v) is 4.42. The zero-order chi connectivity index (χ0) is 12.1. The fraction of sp³-hybridized carbons (Fsp3) is 0.600. The molecule has 0 atom stereocenters. The summed E-state index contributed by atoms with van der Waals surface area (Å²) in [6, 6.07) is 0. The van der Waals surface area contributed by atoms with Crippen molar-refractivity contribution in [3.8, 4) is 0 Å². The van der Waals surface area contributed by atoms with Crippen molar-refractivity contribution in [2.24, 2.45) is 5.10 Å². The van der Waals surface area contributed by atoms with Gasteiger partial charge >= 0.3 is 5.97 Å². The smallest absolute Gasteiger partial charge is 0.362 e. The maximum Gasteiger partial charge on any atom is 0.362 e. The van der Waals surface area contributed by atoms with Gasteiger partial charge in [-0.25, -0.2) is 4.79 Å². The maximum absolute atomic E-state index is 11.5. The van der Waals surface area contributed by atoms with Crippen LogP contribution >= 0.6 is 11.5 Å². The highest BCUT2D eigenvalue weighted by Gasteiger charge is 2.17. The molecule has 1 heterocycles. The molecule has 0 aromatic carbocycles. The molecule has 0 radical (unpaired) electrons. The molecule has 7 heteroatoms. The van der Waals surface area contributed by atoms with Crippen LogP contribution in [-0.4, -0.2) is 27.9 Å². The van der Waals surface area contributed by atoms with E-state index in [1.807, 2.05) is 0 Å². The summed E-state index contributed by atoms with van der Waals surface area (Å²) >= 11 is 1.11. The van der Waals surface area contributed by atoms with Crippen LogP contribution in [0.5, 0.6) is 0 Å². The quantitative estimate of drug-likeness (QED) is 0.657. The minimum atomic E-state index is -0.463. The number of hydrazone groups is 1. The van der Waals surface area contributed by atoms with Crippen molar-refractivity contribution in [3.63, 3.8) is 0 Å². The fourth-order valence-corrected chi connectivity index (χ4v) is 2.12. The third-order valence-corrected chi connectivity index (χ3v) is 3.08. The second kappa shape index (κ2) is 5.72. The lowest BCUT2D eigenvalue weighted by Gasteiger charge is -2.01. The zero-order valence-electron chi connectivity index (χ0n) is 9.60. The van der Waals surface area contributed by atoms with Crippen LogP contribution in [0.3, 0.4) is 0 Å². The summed E-state index contributed by atoms with van der Waals surface area (Å²) in [6.45, 7) is 2.08. The summed E-state index contributed by atoms with van der Waals surface area (Å²) < 4.78 is 8.61. The number of rotatable bonds is 4. The van der Waals surface area contributed by atoms with E-state index in [1.165, 1.54) is 12.8 Å². The molecule has 1 aliphatic rings. The molecule has 1 N–H and O–H groups in total. The number of anilines is 1. The van der Waals surface area contributed by atoms with Gasteiger partial charge in [0.05, 0.1) is 6.61 Å². The number of ether oxygens (including phenoxy) is 1. The molecule has 0 amide bonds. The van der Waals surface area contributed by atoms with E-state index < -0.39 is 5.97 Å². The lowest BCUT2D eigenvalue weighted by molar-refractivity contribution is 0.0520. The van der Waals surface area contributed by atoms with Crippen molar-refractivity contribution >= 4 is 28.2 Å². The first-order chi connectivity index (χ1) is 8.31. The van der Waals surface area contributed by atoms with Crippen LogP contribution in [0.2, 0.25) is 0 Å². The van der Waals surface area contributed by atoms with E-state index >= 15 is 0 Å². The van der Waals surface area contributed by atoms with Crippen molar-refractivity contribution in [2.45, 2.75) is 32.6 Å². The van der Waals surface area contributed by atoms with Crippen LogP contribution in [0.25, 0.3) is 0 Å². The molecule has 2 rings (SSSR count). The van der Waals surface area contributed by atoms with Gasteiger partial charge in [0, 0.05) is 17.2 Å². The van der Waals surface area contributed by atoms with Gasteiger partial charge in [0.25, 0.3) is 0 Å². The maximum atomic E-state index is 11.5. The Balaban J connectivity index is 2.03. The fourth-order valence-electron chi connectivity index (χ4n) is 1.62. The molecule has 1 aliphatic carbocycles. The minimum absolute atomic E-state index is 0.208. The number of carbonyl (C=O) groups is 1. The SMILES string of the molecule is CCOC(=O)c1nnsc1NN=C1CCCC1. The topological polar surface area (TPSA) is 76.5 Å². The van der Waals surface area contributed by atoms with Gasteiger partial charge in [-0.2, -0.15) is 5.10 Å². The Bertz CT molecular complexity index is 422. The van der Waals surface area contributed by atoms with Gasteiger partial charge in [-0.15, -0.1) is 5.10 Å². The van der Waals surface area contributed by atoms with Crippen LogP contribution in [0.1, 0.15) is 43.1 Å². The van der Waals surface area contributed by atoms with Gasteiger partial charge in [-0.1, -0.05) is 4.49 Å². The first-order valence-electron chi connectivity index (χ1n) is 5.62. The molecule has 1 aromatic heterocycles. The monoisotopic (exact) mass is 254 g/mol. The van der Waals surface area contributed by atoms with Crippen molar-refractivity contribution in [2.75, 3.05) is 12.0 Å². The van der Waals surface area contributed by atoms with E-state index in [0.717, 1.165) is 30.1 Å². The number of nitrogens with one attached hydrogen (secondary N) is 1. The first-order valence-corrected chi connectivity index (χ1v) is 6.39. The molecule has 17 heavy (non-hydrogen) atoms. The van der Waals surface area contributed by atoms with Crippen molar-refractivity contribution < 1.29 is 9.53 Å². The molecular weight excluding hydrogens is 240 g/mol. The van der Waals surface area contributed by atoms with Crippen LogP contribution in [-0.2, 0) is 4.74 Å². The Hall–Kier alpha value is -1.50. The van der Waals surface area contributed by atoms with Gasteiger partial charge in [-0.3, -0.25) is 5.43 Å².